The number of rotatable bonds is 6. The van der Waals surface area contributed by atoms with Gasteiger partial charge in [-0.25, -0.2) is 12.7 Å². The van der Waals surface area contributed by atoms with Gasteiger partial charge >= 0.3 is 5.97 Å². The fourth-order valence-electron chi connectivity index (χ4n) is 2.94. The lowest BCUT2D eigenvalue weighted by Crippen LogP contribution is -2.43. The molecule has 1 fully saturated rings. The molecule has 3 rings (SSSR count). The van der Waals surface area contributed by atoms with Gasteiger partial charge in [-0.2, -0.15) is 0 Å². The Kier molecular flexibility index (Phi) is 5.33. The molecule has 1 saturated heterocycles. The first-order valence-electron chi connectivity index (χ1n) is 8.25. The van der Waals surface area contributed by atoms with E-state index in [9.17, 15) is 18.0 Å². The topological polar surface area (TPSA) is 122 Å². The quantitative estimate of drug-likeness (QED) is 0.722. The van der Waals surface area contributed by atoms with Crippen molar-refractivity contribution in [3.8, 4) is 11.5 Å². The van der Waals surface area contributed by atoms with E-state index in [-0.39, 0.29) is 32.2 Å². The highest BCUT2D eigenvalue weighted by Crippen LogP contribution is 2.32. The minimum atomic E-state index is -3.54. The number of hydrogen-bond donors (Lipinski definition) is 2. The van der Waals surface area contributed by atoms with E-state index in [1.165, 1.54) is 4.31 Å². The van der Waals surface area contributed by atoms with Crippen molar-refractivity contribution in [1.82, 2.24) is 9.62 Å². The summed E-state index contributed by atoms with van der Waals surface area (Å²) in [6.45, 7) is 0.455. The van der Waals surface area contributed by atoms with Gasteiger partial charge in [0, 0.05) is 25.2 Å². The van der Waals surface area contributed by atoms with Crippen LogP contribution in [0.5, 0.6) is 11.5 Å². The van der Waals surface area contributed by atoms with Crippen molar-refractivity contribution in [3.05, 3.63) is 23.8 Å². The van der Waals surface area contributed by atoms with Gasteiger partial charge in [-0.05, 0) is 31.0 Å². The van der Waals surface area contributed by atoms with E-state index in [4.69, 9.17) is 14.6 Å². The molecule has 2 N–H and O–H groups in total. The lowest BCUT2D eigenvalue weighted by Gasteiger charge is -2.29. The summed E-state index contributed by atoms with van der Waals surface area (Å²) in [6.07, 6.45) is 0.607. The molecule has 2 heterocycles. The molecular weight excluding hydrogens is 364 g/mol. The Labute approximate surface area is 150 Å². The molecule has 2 aliphatic rings. The minimum Gasteiger partial charge on any atom is -0.481 e. The number of piperidine rings is 1. The van der Waals surface area contributed by atoms with Crippen LogP contribution in [-0.4, -0.2) is 61.9 Å². The highest BCUT2D eigenvalue weighted by atomic mass is 32.2. The van der Waals surface area contributed by atoms with Gasteiger partial charge in [0.05, 0.1) is 11.7 Å². The lowest BCUT2D eigenvalue weighted by atomic mass is 9.99. The molecule has 0 unspecified atom stereocenters. The number of carbonyl (C=O) groups excluding carboxylic acids is 1. The van der Waals surface area contributed by atoms with E-state index in [1.807, 2.05) is 0 Å². The average molecular weight is 384 g/mol. The second-order valence-corrected chi connectivity index (χ2v) is 8.24. The van der Waals surface area contributed by atoms with Gasteiger partial charge in [-0.15, -0.1) is 0 Å². The van der Waals surface area contributed by atoms with E-state index in [0.717, 1.165) is 0 Å². The summed E-state index contributed by atoms with van der Waals surface area (Å²) >= 11 is 0. The number of carbonyl (C=O) groups is 2. The van der Waals surface area contributed by atoms with E-state index < -0.39 is 27.8 Å². The normalized spacial score (nSPS) is 17.8. The number of ether oxygens (including phenoxy) is 2. The van der Waals surface area contributed by atoms with Gasteiger partial charge in [0.15, 0.2) is 11.5 Å². The van der Waals surface area contributed by atoms with Crippen LogP contribution in [0.25, 0.3) is 0 Å². The number of amides is 1. The summed E-state index contributed by atoms with van der Waals surface area (Å²) < 4.78 is 36.3. The van der Waals surface area contributed by atoms with Gasteiger partial charge in [0.2, 0.25) is 16.8 Å². The zero-order valence-electron chi connectivity index (χ0n) is 14.0. The number of nitrogens with zero attached hydrogens (tertiary/aromatic N) is 1. The van der Waals surface area contributed by atoms with Gasteiger partial charge < -0.3 is 19.9 Å². The Balaban J connectivity index is 1.49. The highest BCUT2D eigenvalue weighted by molar-refractivity contribution is 7.89. The van der Waals surface area contributed by atoms with Crippen LogP contribution in [0.15, 0.2) is 18.2 Å². The number of benzene rings is 1. The van der Waals surface area contributed by atoms with Crippen LogP contribution in [0.2, 0.25) is 0 Å². The third-order valence-corrected chi connectivity index (χ3v) is 6.35. The second-order valence-electron chi connectivity index (χ2n) is 6.15. The minimum absolute atomic E-state index is 0.0333. The molecule has 1 aromatic carbocycles. The number of carboxylic acid groups (broad SMARTS) is 1. The van der Waals surface area contributed by atoms with Crippen molar-refractivity contribution in [2.75, 3.05) is 32.2 Å². The standard InChI is InChI=1S/C16H20N2O7S/c19-15(12-1-2-13-14(9-12)25-10-24-13)17-5-8-26(22,23)18-6-3-11(4-7-18)16(20)21/h1-2,9,11H,3-8,10H2,(H,17,19)(H,20,21). The number of fused-ring (bicyclic) bond motifs is 1. The molecule has 9 nitrogen and oxygen atoms in total. The summed E-state index contributed by atoms with van der Waals surface area (Å²) in [6, 6.07) is 4.75. The van der Waals surface area contributed by atoms with Gasteiger partial charge in [0.25, 0.3) is 5.91 Å². The number of nitrogens with one attached hydrogen (secondary N) is 1. The van der Waals surface area contributed by atoms with Crippen LogP contribution in [0.4, 0.5) is 0 Å². The SMILES string of the molecule is O=C(NCCS(=O)(=O)N1CCC(C(=O)O)CC1)c1ccc2c(c1)OCO2. The largest absolute Gasteiger partial charge is 0.481 e. The maximum atomic E-state index is 12.3. The first kappa shape index (κ1) is 18.5. The first-order valence-corrected chi connectivity index (χ1v) is 9.86. The molecule has 1 aromatic rings. The van der Waals surface area contributed by atoms with E-state index in [2.05, 4.69) is 5.32 Å². The zero-order valence-corrected chi connectivity index (χ0v) is 14.8. The number of sulfonamides is 1. The fourth-order valence-corrected chi connectivity index (χ4v) is 4.33. The number of aliphatic carboxylic acids is 1. The molecule has 0 aromatic heterocycles. The average Bonchev–Trinajstić information content (AvgIpc) is 3.09. The summed E-state index contributed by atoms with van der Waals surface area (Å²) in [4.78, 5) is 23.1. The fraction of sp³-hybridized carbons (Fsp3) is 0.500. The molecule has 0 aliphatic carbocycles. The predicted octanol–water partition coefficient (Wildman–Crippen LogP) is 0.272. The van der Waals surface area contributed by atoms with Crippen molar-refractivity contribution < 1.29 is 32.6 Å². The monoisotopic (exact) mass is 384 g/mol. The third kappa shape index (κ3) is 4.07. The third-order valence-electron chi connectivity index (χ3n) is 4.48. The van der Waals surface area contributed by atoms with Crippen molar-refractivity contribution in [1.29, 1.82) is 0 Å². The molecule has 0 bridgehead atoms. The van der Waals surface area contributed by atoms with Crippen molar-refractivity contribution in [3.63, 3.8) is 0 Å². The molecule has 0 spiro atoms. The molecule has 142 valence electrons. The maximum absolute atomic E-state index is 12.3. The Bertz CT molecular complexity index is 801. The van der Waals surface area contributed by atoms with Crippen LogP contribution in [0.3, 0.4) is 0 Å². The molecular formula is C16H20N2O7S. The van der Waals surface area contributed by atoms with Crippen molar-refractivity contribution in [2.24, 2.45) is 5.92 Å². The molecule has 10 heteroatoms. The summed E-state index contributed by atoms with van der Waals surface area (Å²) in [5.41, 5.74) is 0.355. The molecule has 1 amide bonds. The second kappa shape index (κ2) is 7.50. The smallest absolute Gasteiger partial charge is 0.306 e. The predicted molar refractivity (Wildman–Crippen MR) is 90.6 cm³/mol. The highest BCUT2D eigenvalue weighted by Gasteiger charge is 2.30. The summed E-state index contributed by atoms with van der Waals surface area (Å²) in [5, 5.41) is 11.5. The van der Waals surface area contributed by atoms with Gasteiger partial charge in [-0.1, -0.05) is 0 Å². The summed E-state index contributed by atoms with van der Waals surface area (Å²) in [5.74, 6) is -0.977. The van der Waals surface area contributed by atoms with Gasteiger partial charge in [0.1, 0.15) is 0 Å². The zero-order chi connectivity index (χ0) is 18.7. The Morgan fingerprint density at radius 3 is 2.58 bits per heavy atom. The maximum Gasteiger partial charge on any atom is 0.306 e. The van der Waals surface area contributed by atoms with Gasteiger partial charge in [-0.3, -0.25) is 9.59 Å². The molecule has 0 atom stereocenters. The lowest BCUT2D eigenvalue weighted by molar-refractivity contribution is -0.142. The number of carboxylic acids is 1. The van der Waals surface area contributed by atoms with Crippen molar-refractivity contribution >= 4 is 21.9 Å². The van der Waals surface area contributed by atoms with Crippen molar-refractivity contribution in [2.45, 2.75) is 12.8 Å². The Morgan fingerprint density at radius 1 is 1.19 bits per heavy atom. The van der Waals surface area contributed by atoms with Crippen LogP contribution in [0, 0.1) is 5.92 Å². The van der Waals surface area contributed by atoms with Crippen LogP contribution in [0.1, 0.15) is 23.2 Å². The van der Waals surface area contributed by atoms with Crippen LogP contribution < -0.4 is 14.8 Å². The van der Waals surface area contributed by atoms with Crippen LogP contribution >= 0.6 is 0 Å². The molecule has 26 heavy (non-hydrogen) atoms. The van der Waals surface area contributed by atoms with E-state index in [1.54, 1.807) is 18.2 Å². The Morgan fingerprint density at radius 2 is 1.88 bits per heavy atom. The van der Waals surface area contributed by atoms with Crippen LogP contribution in [-0.2, 0) is 14.8 Å². The molecule has 0 saturated carbocycles. The molecule has 0 radical (unpaired) electrons. The summed E-state index contributed by atoms with van der Waals surface area (Å²) in [7, 11) is -3.54. The number of hydrogen-bond acceptors (Lipinski definition) is 6. The Hall–Kier alpha value is -2.33. The van der Waals surface area contributed by atoms with E-state index >= 15 is 0 Å². The van der Waals surface area contributed by atoms with E-state index in [0.29, 0.717) is 29.9 Å². The molecule has 2 aliphatic heterocycles. The first-order chi connectivity index (χ1) is 12.4.